The van der Waals surface area contributed by atoms with E-state index in [1.165, 1.54) is 17.0 Å². The third kappa shape index (κ3) is 4.87. The zero-order valence-corrected chi connectivity index (χ0v) is 15.8. The van der Waals surface area contributed by atoms with Gasteiger partial charge in [0.15, 0.2) is 0 Å². The fourth-order valence-electron chi connectivity index (χ4n) is 2.87. The second kappa shape index (κ2) is 8.56. The number of rotatable bonds is 6. The molecule has 0 unspecified atom stereocenters. The van der Waals surface area contributed by atoms with Crippen molar-refractivity contribution < 1.29 is 9.53 Å². The van der Waals surface area contributed by atoms with E-state index in [1.54, 1.807) is 19.2 Å². The largest absolute Gasteiger partial charge is 0.497 e. The molecule has 3 rings (SSSR count). The Kier molecular flexibility index (Phi) is 6.18. The second-order valence-electron chi connectivity index (χ2n) is 5.89. The molecule has 1 aromatic carbocycles. The normalized spacial score (nSPS) is 15.2. The molecule has 134 valence electrons. The lowest BCUT2D eigenvalue weighted by Crippen LogP contribution is -2.48. The van der Waals surface area contributed by atoms with E-state index in [-0.39, 0.29) is 5.91 Å². The van der Waals surface area contributed by atoms with Gasteiger partial charge >= 0.3 is 0 Å². The van der Waals surface area contributed by atoms with Gasteiger partial charge in [-0.25, -0.2) is 0 Å². The van der Waals surface area contributed by atoms with E-state index in [1.807, 2.05) is 12.1 Å². The number of halogens is 1. The van der Waals surface area contributed by atoms with Crippen LogP contribution in [0.1, 0.15) is 9.67 Å². The molecule has 25 heavy (non-hydrogen) atoms. The number of methoxy groups -OCH3 is 1. The summed E-state index contributed by atoms with van der Waals surface area (Å²) in [4.78, 5) is 17.4. The highest BCUT2D eigenvalue weighted by Crippen LogP contribution is 2.21. The summed E-state index contributed by atoms with van der Waals surface area (Å²) in [5.41, 5.74) is 1.23. The Bertz CT molecular complexity index is 697. The SMILES string of the molecule is COc1ccc(N2CCN(CCNC(=O)c3ccc(Cl)s3)CC2)cc1. The first kappa shape index (κ1) is 18.0. The highest BCUT2D eigenvalue weighted by molar-refractivity contribution is 7.17. The fourth-order valence-corrected chi connectivity index (χ4v) is 3.83. The molecule has 1 amide bonds. The quantitative estimate of drug-likeness (QED) is 0.838. The summed E-state index contributed by atoms with van der Waals surface area (Å²) in [6.07, 6.45) is 0. The van der Waals surface area contributed by atoms with Crippen LogP contribution in [0.4, 0.5) is 5.69 Å². The minimum atomic E-state index is -0.0474. The molecule has 0 saturated carbocycles. The van der Waals surface area contributed by atoms with Crippen LogP contribution in [-0.2, 0) is 0 Å². The summed E-state index contributed by atoms with van der Waals surface area (Å²) >= 11 is 7.17. The van der Waals surface area contributed by atoms with Gasteiger partial charge in [0.25, 0.3) is 5.91 Å². The molecule has 0 atom stereocenters. The van der Waals surface area contributed by atoms with Gasteiger partial charge in [0, 0.05) is 45.0 Å². The zero-order chi connectivity index (χ0) is 17.6. The number of nitrogens with zero attached hydrogens (tertiary/aromatic N) is 2. The van der Waals surface area contributed by atoms with Gasteiger partial charge < -0.3 is 15.0 Å². The predicted octanol–water partition coefficient (Wildman–Crippen LogP) is 2.96. The van der Waals surface area contributed by atoms with Crippen LogP contribution in [0.15, 0.2) is 36.4 Å². The maximum absolute atomic E-state index is 12.0. The minimum Gasteiger partial charge on any atom is -0.497 e. The standard InChI is InChI=1S/C18H22ClN3O2S/c1-24-15-4-2-14(3-5-15)22-12-10-21(11-13-22)9-8-20-18(23)16-6-7-17(19)25-16/h2-7H,8-13H2,1H3,(H,20,23). The van der Waals surface area contributed by atoms with Crippen molar-refractivity contribution in [3.05, 3.63) is 45.6 Å². The van der Waals surface area contributed by atoms with E-state index < -0.39 is 0 Å². The number of carbonyl (C=O) groups is 1. The van der Waals surface area contributed by atoms with E-state index in [9.17, 15) is 4.79 Å². The van der Waals surface area contributed by atoms with Gasteiger partial charge in [0.2, 0.25) is 0 Å². The smallest absolute Gasteiger partial charge is 0.261 e. The molecule has 5 nitrogen and oxygen atoms in total. The molecule has 2 heterocycles. The molecule has 1 aliphatic rings. The van der Waals surface area contributed by atoms with E-state index in [2.05, 4.69) is 27.2 Å². The van der Waals surface area contributed by atoms with Gasteiger partial charge in [0.1, 0.15) is 5.75 Å². The monoisotopic (exact) mass is 379 g/mol. The number of ether oxygens (including phenoxy) is 1. The van der Waals surface area contributed by atoms with Crippen LogP contribution in [-0.4, -0.2) is 57.2 Å². The van der Waals surface area contributed by atoms with Crippen molar-refractivity contribution in [2.45, 2.75) is 0 Å². The van der Waals surface area contributed by atoms with Crippen LogP contribution in [0.25, 0.3) is 0 Å². The summed E-state index contributed by atoms with van der Waals surface area (Å²) < 4.78 is 5.84. The van der Waals surface area contributed by atoms with Crippen molar-refractivity contribution >= 4 is 34.5 Å². The molecule has 0 radical (unpaired) electrons. The molecule has 1 saturated heterocycles. The number of carbonyl (C=O) groups excluding carboxylic acids is 1. The van der Waals surface area contributed by atoms with Crippen LogP contribution in [0, 0.1) is 0 Å². The lowest BCUT2D eigenvalue weighted by molar-refractivity contribution is 0.0952. The Morgan fingerprint density at radius 2 is 1.88 bits per heavy atom. The third-order valence-corrected chi connectivity index (χ3v) is 5.55. The van der Waals surface area contributed by atoms with E-state index >= 15 is 0 Å². The zero-order valence-electron chi connectivity index (χ0n) is 14.2. The Morgan fingerprint density at radius 3 is 2.48 bits per heavy atom. The topological polar surface area (TPSA) is 44.8 Å². The molecular weight excluding hydrogens is 358 g/mol. The molecule has 0 aliphatic carbocycles. The summed E-state index contributed by atoms with van der Waals surface area (Å²) in [5.74, 6) is 0.832. The maximum atomic E-state index is 12.0. The lowest BCUT2D eigenvalue weighted by Gasteiger charge is -2.36. The number of benzene rings is 1. The number of amides is 1. The lowest BCUT2D eigenvalue weighted by atomic mass is 10.2. The highest BCUT2D eigenvalue weighted by Gasteiger charge is 2.17. The number of hydrogen-bond acceptors (Lipinski definition) is 5. The molecule has 0 spiro atoms. The number of thiophene rings is 1. The van der Waals surface area contributed by atoms with Crippen molar-refractivity contribution in [1.82, 2.24) is 10.2 Å². The summed E-state index contributed by atoms with van der Waals surface area (Å²) in [6, 6.07) is 11.7. The maximum Gasteiger partial charge on any atom is 0.261 e. The minimum absolute atomic E-state index is 0.0474. The van der Waals surface area contributed by atoms with Gasteiger partial charge in [-0.15, -0.1) is 11.3 Å². The predicted molar refractivity (Wildman–Crippen MR) is 103 cm³/mol. The fraction of sp³-hybridized carbons (Fsp3) is 0.389. The first-order chi connectivity index (χ1) is 12.2. The van der Waals surface area contributed by atoms with Gasteiger partial charge in [-0.3, -0.25) is 9.69 Å². The molecule has 2 aromatic rings. The van der Waals surface area contributed by atoms with Crippen molar-refractivity contribution in [3.63, 3.8) is 0 Å². The Balaban J connectivity index is 1.39. The third-order valence-electron chi connectivity index (χ3n) is 4.32. The van der Waals surface area contributed by atoms with Crippen LogP contribution in [0.3, 0.4) is 0 Å². The van der Waals surface area contributed by atoms with Gasteiger partial charge in [-0.2, -0.15) is 0 Å². The first-order valence-electron chi connectivity index (χ1n) is 8.30. The van der Waals surface area contributed by atoms with Crippen LogP contribution >= 0.6 is 22.9 Å². The molecule has 1 aliphatic heterocycles. The van der Waals surface area contributed by atoms with Crippen LogP contribution in [0.2, 0.25) is 4.34 Å². The Labute approximate surface area is 157 Å². The molecule has 1 fully saturated rings. The number of nitrogens with one attached hydrogen (secondary N) is 1. The van der Waals surface area contributed by atoms with Gasteiger partial charge in [-0.05, 0) is 36.4 Å². The van der Waals surface area contributed by atoms with Crippen molar-refractivity contribution in [1.29, 1.82) is 0 Å². The summed E-state index contributed by atoms with van der Waals surface area (Å²) in [7, 11) is 1.68. The van der Waals surface area contributed by atoms with E-state index in [4.69, 9.17) is 16.3 Å². The Hall–Kier alpha value is -1.76. The van der Waals surface area contributed by atoms with Gasteiger partial charge in [0.05, 0.1) is 16.3 Å². The average Bonchev–Trinajstić information content (AvgIpc) is 3.09. The van der Waals surface area contributed by atoms with Gasteiger partial charge in [-0.1, -0.05) is 11.6 Å². The highest BCUT2D eigenvalue weighted by atomic mass is 35.5. The molecular formula is C18H22ClN3O2S. The molecule has 7 heteroatoms. The van der Waals surface area contributed by atoms with Crippen molar-refractivity contribution in [3.8, 4) is 5.75 Å². The van der Waals surface area contributed by atoms with Crippen LogP contribution < -0.4 is 15.0 Å². The molecule has 1 N–H and O–H groups in total. The summed E-state index contributed by atoms with van der Waals surface area (Å²) in [6.45, 7) is 5.47. The van der Waals surface area contributed by atoms with Crippen molar-refractivity contribution in [2.24, 2.45) is 0 Å². The first-order valence-corrected chi connectivity index (χ1v) is 9.50. The van der Waals surface area contributed by atoms with Crippen LogP contribution in [0.5, 0.6) is 5.75 Å². The van der Waals surface area contributed by atoms with E-state index in [0.717, 1.165) is 38.5 Å². The Morgan fingerprint density at radius 1 is 1.16 bits per heavy atom. The second-order valence-corrected chi connectivity index (χ2v) is 7.60. The average molecular weight is 380 g/mol. The summed E-state index contributed by atoms with van der Waals surface area (Å²) in [5, 5.41) is 2.96. The van der Waals surface area contributed by atoms with E-state index in [0.29, 0.717) is 15.8 Å². The molecule has 1 aromatic heterocycles. The number of hydrogen-bond donors (Lipinski definition) is 1. The molecule has 0 bridgehead atoms. The number of piperazine rings is 1. The number of anilines is 1. The van der Waals surface area contributed by atoms with Crippen molar-refractivity contribution in [2.75, 3.05) is 51.3 Å².